The van der Waals surface area contributed by atoms with Gasteiger partial charge >= 0.3 is 0 Å². The maximum absolute atomic E-state index is 13.4. The van der Waals surface area contributed by atoms with Gasteiger partial charge in [0.15, 0.2) is 5.43 Å². The summed E-state index contributed by atoms with van der Waals surface area (Å²) in [5.74, 6) is 0.589. The van der Waals surface area contributed by atoms with Crippen LogP contribution in [-0.2, 0) is 7.05 Å². The number of pyridine rings is 1. The number of rotatable bonds is 5. The molecule has 5 rings (SSSR count). The average molecular weight is 477 g/mol. The molecule has 0 saturated carbocycles. The van der Waals surface area contributed by atoms with Crippen molar-refractivity contribution in [1.29, 1.82) is 0 Å². The molecular formula is C31H28N2O3. The first-order valence-corrected chi connectivity index (χ1v) is 12.0. The minimum atomic E-state index is -0.172. The van der Waals surface area contributed by atoms with Gasteiger partial charge in [-0.1, -0.05) is 54.6 Å². The number of fused-ring (bicyclic) bond motifs is 1. The van der Waals surface area contributed by atoms with Crippen LogP contribution in [0.4, 0.5) is 5.69 Å². The van der Waals surface area contributed by atoms with Gasteiger partial charge in [-0.05, 0) is 50.1 Å². The summed E-state index contributed by atoms with van der Waals surface area (Å²) >= 11 is 0. The minimum Gasteiger partial charge on any atom is -0.455 e. The van der Waals surface area contributed by atoms with Crippen LogP contribution in [0.15, 0.2) is 99.1 Å². The molecule has 1 atom stereocenters. The van der Waals surface area contributed by atoms with E-state index in [2.05, 4.69) is 18.3 Å². The molecule has 180 valence electrons. The van der Waals surface area contributed by atoms with Crippen LogP contribution in [0.5, 0.6) is 0 Å². The van der Waals surface area contributed by atoms with Crippen molar-refractivity contribution in [3.05, 3.63) is 122 Å². The maximum atomic E-state index is 13.4. The van der Waals surface area contributed by atoms with E-state index in [1.54, 1.807) is 23.9 Å². The predicted molar refractivity (Wildman–Crippen MR) is 147 cm³/mol. The van der Waals surface area contributed by atoms with Gasteiger partial charge in [0.25, 0.3) is 5.56 Å². The van der Waals surface area contributed by atoms with Gasteiger partial charge in [-0.2, -0.15) is 0 Å². The van der Waals surface area contributed by atoms with E-state index in [0.717, 1.165) is 33.5 Å². The van der Waals surface area contributed by atoms with Crippen LogP contribution >= 0.6 is 0 Å². The second-order valence-corrected chi connectivity index (χ2v) is 9.26. The summed E-state index contributed by atoms with van der Waals surface area (Å²) in [4.78, 5) is 25.7. The van der Waals surface area contributed by atoms with E-state index >= 15 is 0 Å². The van der Waals surface area contributed by atoms with E-state index in [-0.39, 0.29) is 17.0 Å². The summed E-state index contributed by atoms with van der Waals surface area (Å²) < 4.78 is 8.02. The molecule has 36 heavy (non-hydrogen) atoms. The number of aromatic nitrogens is 1. The highest BCUT2D eigenvalue weighted by molar-refractivity contribution is 5.85. The Morgan fingerprint density at radius 2 is 1.58 bits per heavy atom. The molecule has 0 fully saturated rings. The predicted octanol–water partition coefficient (Wildman–Crippen LogP) is 6.62. The van der Waals surface area contributed by atoms with Crippen LogP contribution < -0.4 is 16.3 Å². The van der Waals surface area contributed by atoms with E-state index in [9.17, 15) is 9.59 Å². The zero-order chi connectivity index (χ0) is 25.4. The Hall–Kier alpha value is -4.38. The molecule has 0 saturated heterocycles. The number of nitrogens with zero attached hydrogens (tertiary/aromatic N) is 1. The fourth-order valence-corrected chi connectivity index (χ4v) is 4.64. The monoisotopic (exact) mass is 476 g/mol. The van der Waals surface area contributed by atoms with Gasteiger partial charge in [0, 0.05) is 47.3 Å². The molecule has 0 spiro atoms. The molecule has 0 bridgehead atoms. The quantitative estimate of drug-likeness (QED) is 0.310. The molecule has 1 N–H and O–H groups in total. The van der Waals surface area contributed by atoms with Crippen molar-refractivity contribution >= 4 is 16.7 Å². The smallest absolute Gasteiger partial charge is 0.250 e. The first-order valence-electron chi connectivity index (χ1n) is 12.0. The number of hydrogen-bond donors (Lipinski definition) is 1. The highest BCUT2D eigenvalue weighted by Crippen LogP contribution is 2.34. The molecule has 0 aliphatic carbocycles. The molecule has 2 heterocycles. The lowest BCUT2D eigenvalue weighted by Gasteiger charge is -2.21. The third-order valence-electron chi connectivity index (χ3n) is 6.61. The van der Waals surface area contributed by atoms with Crippen molar-refractivity contribution in [2.24, 2.45) is 7.05 Å². The molecule has 0 amide bonds. The molecule has 3 aromatic carbocycles. The topological polar surface area (TPSA) is 64.2 Å². The van der Waals surface area contributed by atoms with Crippen molar-refractivity contribution < 1.29 is 4.42 Å². The number of hydrogen-bond acceptors (Lipinski definition) is 4. The Morgan fingerprint density at radius 3 is 2.33 bits per heavy atom. The van der Waals surface area contributed by atoms with Crippen molar-refractivity contribution in [2.45, 2.75) is 26.8 Å². The first-order chi connectivity index (χ1) is 17.3. The van der Waals surface area contributed by atoms with E-state index < -0.39 is 0 Å². The number of nitrogens with one attached hydrogen (secondary N) is 1. The lowest BCUT2D eigenvalue weighted by Crippen LogP contribution is -2.15. The fraction of sp³-hybridized carbons (Fsp3) is 0.161. The van der Waals surface area contributed by atoms with Crippen LogP contribution in [-0.4, -0.2) is 4.57 Å². The second-order valence-electron chi connectivity index (χ2n) is 9.26. The first kappa shape index (κ1) is 23.4. The number of anilines is 1. The van der Waals surface area contributed by atoms with Gasteiger partial charge in [0.1, 0.15) is 11.3 Å². The normalized spacial score (nSPS) is 12.0. The molecule has 2 aromatic heterocycles. The number of aryl methyl sites for hydroxylation is 2. The summed E-state index contributed by atoms with van der Waals surface area (Å²) in [7, 11) is 1.74. The van der Waals surface area contributed by atoms with E-state index in [0.29, 0.717) is 22.3 Å². The van der Waals surface area contributed by atoms with Gasteiger partial charge in [-0.3, -0.25) is 9.59 Å². The lowest BCUT2D eigenvalue weighted by molar-refractivity contribution is 0.605. The van der Waals surface area contributed by atoms with Crippen LogP contribution in [0.25, 0.3) is 33.4 Å². The third-order valence-corrected chi connectivity index (χ3v) is 6.61. The molecule has 0 unspecified atom stereocenters. The number of para-hydroxylation sites is 1. The second kappa shape index (κ2) is 9.34. The van der Waals surface area contributed by atoms with Crippen molar-refractivity contribution in [3.63, 3.8) is 0 Å². The molecule has 0 aliphatic rings. The Balaban J connectivity index is 1.63. The van der Waals surface area contributed by atoms with Gasteiger partial charge < -0.3 is 14.3 Å². The van der Waals surface area contributed by atoms with Crippen molar-refractivity contribution in [3.8, 4) is 22.5 Å². The summed E-state index contributed by atoms with van der Waals surface area (Å²) in [6.45, 7) is 5.86. The third kappa shape index (κ3) is 4.24. The SMILES string of the molecule is Cc1cc([C@@H](C)Nc2ccccc2-c2ccn(C)c(=O)c2)c2oc(-c3ccccc3)c(C)c(=O)c2c1. The molecule has 5 aromatic rings. The van der Waals surface area contributed by atoms with E-state index in [4.69, 9.17) is 4.42 Å². The highest BCUT2D eigenvalue weighted by atomic mass is 16.3. The zero-order valence-corrected chi connectivity index (χ0v) is 20.8. The molecule has 5 heteroatoms. The molecular weight excluding hydrogens is 448 g/mol. The van der Waals surface area contributed by atoms with Gasteiger partial charge in [0.05, 0.1) is 11.4 Å². The van der Waals surface area contributed by atoms with Crippen LogP contribution in [0.2, 0.25) is 0 Å². The van der Waals surface area contributed by atoms with E-state index in [1.165, 1.54) is 0 Å². The Kier molecular flexibility index (Phi) is 6.06. The minimum absolute atomic E-state index is 0.0206. The summed E-state index contributed by atoms with van der Waals surface area (Å²) in [5.41, 5.74) is 6.53. The van der Waals surface area contributed by atoms with Crippen LogP contribution in [0, 0.1) is 13.8 Å². The zero-order valence-electron chi connectivity index (χ0n) is 20.8. The average Bonchev–Trinajstić information content (AvgIpc) is 2.88. The standard InChI is InChI=1S/C31H28N2O3/c1-19-16-25(31-26(17-19)29(35)20(2)30(36-31)22-10-6-5-7-11-22)21(3)32-27-13-9-8-12-24(27)23-14-15-33(4)28(34)18-23/h5-18,21,32H,1-4H3/t21-/m1/s1. The van der Waals surface area contributed by atoms with Crippen LogP contribution in [0.1, 0.15) is 29.7 Å². The van der Waals surface area contributed by atoms with Gasteiger partial charge in [0.2, 0.25) is 0 Å². The summed E-state index contributed by atoms with van der Waals surface area (Å²) in [5, 5.41) is 4.18. The lowest BCUT2D eigenvalue weighted by atomic mass is 9.98. The summed E-state index contributed by atoms with van der Waals surface area (Å²) in [6, 6.07) is 25.0. The van der Waals surface area contributed by atoms with E-state index in [1.807, 2.05) is 80.6 Å². The molecule has 5 nitrogen and oxygen atoms in total. The maximum Gasteiger partial charge on any atom is 0.250 e. The largest absolute Gasteiger partial charge is 0.455 e. The van der Waals surface area contributed by atoms with Gasteiger partial charge in [-0.15, -0.1) is 0 Å². The molecule has 0 radical (unpaired) electrons. The summed E-state index contributed by atoms with van der Waals surface area (Å²) in [6.07, 6.45) is 1.77. The Labute approximate surface area is 209 Å². The van der Waals surface area contributed by atoms with Crippen molar-refractivity contribution in [2.75, 3.05) is 5.32 Å². The van der Waals surface area contributed by atoms with Crippen LogP contribution in [0.3, 0.4) is 0 Å². The van der Waals surface area contributed by atoms with Gasteiger partial charge in [-0.25, -0.2) is 0 Å². The highest BCUT2D eigenvalue weighted by Gasteiger charge is 2.19. The Bertz CT molecular complexity index is 1700. The number of benzene rings is 3. The fourth-order valence-electron chi connectivity index (χ4n) is 4.64. The Morgan fingerprint density at radius 1 is 0.861 bits per heavy atom. The van der Waals surface area contributed by atoms with Crippen molar-refractivity contribution in [1.82, 2.24) is 4.57 Å². The molecule has 0 aliphatic heterocycles.